The Kier molecular flexibility index (Phi) is 3.18. The SMILES string of the molecule is CC1CN(CCBr)CC1C. The fraction of sp³-hybridized carbons (Fsp3) is 1.00. The lowest BCUT2D eigenvalue weighted by atomic mass is 10.0. The molecule has 0 aromatic heterocycles. The van der Waals surface area contributed by atoms with E-state index >= 15 is 0 Å². The summed E-state index contributed by atoms with van der Waals surface area (Å²) >= 11 is 3.46. The van der Waals surface area contributed by atoms with E-state index in [1.54, 1.807) is 0 Å². The van der Waals surface area contributed by atoms with Gasteiger partial charge in [0.1, 0.15) is 0 Å². The third kappa shape index (κ3) is 1.96. The highest BCUT2D eigenvalue weighted by molar-refractivity contribution is 9.09. The number of alkyl halides is 1. The highest BCUT2D eigenvalue weighted by atomic mass is 79.9. The molecule has 2 unspecified atom stereocenters. The van der Waals surface area contributed by atoms with Crippen molar-refractivity contribution in [2.75, 3.05) is 25.0 Å². The van der Waals surface area contributed by atoms with E-state index in [4.69, 9.17) is 0 Å². The van der Waals surface area contributed by atoms with Gasteiger partial charge in [-0.25, -0.2) is 0 Å². The lowest BCUT2D eigenvalue weighted by Crippen LogP contribution is -2.22. The van der Waals surface area contributed by atoms with Gasteiger partial charge in [0.05, 0.1) is 0 Å². The van der Waals surface area contributed by atoms with Crippen LogP contribution in [-0.4, -0.2) is 29.9 Å². The molecule has 0 aromatic carbocycles. The largest absolute Gasteiger partial charge is 0.302 e. The van der Waals surface area contributed by atoms with Crippen LogP contribution in [0.25, 0.3) is 0 Å². The van der Waals surface area contributed by atoms with Gasteiger partial charge in [-0.1, -0.05) is 29.8 Å². The summed E-state index contributed by atoms with van der Waals surface area (Å²) in [7, 11) is 0. The Labute approximate surface area is 71.9 Å². The summed E-state index contributed by atoms with van der Waals surface area (Å²) < 4.78 is 0. The Bertz CT molecular complexity index is 95.4. The van der Waals surface area contributed by atoms with Gasteiger partial charge in [-0.05, 0) is 11.8 Å². The van der Waals surface area contributed by atoms with E-state index in [2.05, 4.69) is 34.7 Å². The molecule has 0 radical (unpaired) electrons. The smallest absolute Gasteiger partial charge is 0.0159 e. The zero-order valence-corrected chi connectivity index (χ0v) is 8.39. The molecule has 1 nitrogen and oxygen atoms in total. The number of halogens is 1. The number of hydrogen-bond acceptors (Lipinski definition) is 1. The molecule has 0 aromatic rings. The van der Waals surface area contributed by atoms with Crippen molar-refractivity contribution in [3.05, 3.63) is 0 Å². The Morgan fingerprint density at radius 2 is 1.80 bits per heavy atom. The second-order valence-corrected chi connectivity index (χ2v) is 4.20. The first-order valence-electron chi connectivity index (χ1n) is 4.02. The fourth-order valence-electron chi connectivity index (χ4n) is 1.55. The lowest BCUT2D eigenvalue weighted by Gasteiger charge is -2.12. The van der Waals surface area contributed by atoms with Crippen LogP contribution in [0.4, 0.5) is 0 Å². The molecule has 2 heteroatoms. The zero-order valence-electron chi connectivity index (χ0n) is 6.81. The number of rotatable bonds is 2. The first-order chi connectivity index (χ1) is 4.74. The van der Waals surface area contributed by atoms with Crippen molar-refractivity contribution in [3.8, 4) is 0 Å². The second kappa shape index (κ2) is 3.72. The third-order valence-electron chi connectivity index (χ3n) is 2.46. The summed E-state index contributed by atoms with van der Waals surface area (Å²) in [5, 5.41) is 1.12. The van der Waals surface area contributed by atoms with E-state index in [9.17, 15) is 0 Å². The van der Waals surface area contributed by atoms with Crippen LogP contribution in [0.5, 0.6) is 0 Å². The Hall–Kier alpha value is 0.440. The standard InChI is InChI=1S/C8H16BrN/c1-7-5-10(4-3-9)6-8(7)2/h7-8H,3-6H2,1-2H3. The zero-order chi connectivity index (χ0) is 7.56. The van der Waals surface area contributed by atoms with Gasteiger partial charge in [0.15, 0.2) is 0 Å². The first kappa shape index (κ1) is 8.54. The van der Waals surface area contributed by atoms with Gasteiger partial charge in [0.25, 0.3) is 0 Å². The van der Waals surface area contributed by atoms with Crippen molar-refractivity contribution in [2.24, 2.45) is 11.8 Å². The second-order valence-electron chi connectivity index (χ2n) is 3.40. The molecule has 0 aliphatic carbocycles. The lowest BCUT2D eigenvalue weighted by molar-refractivity contribution is 0.346. The molecule has 1 rings (SSSR count). The molecule has 1 fully saturated rings. The van der Waals surface area contributed by atoms with Gasteiger partial charge in [0, 0.05) is 25.0 Å². The van der Waals surface area contributed by atoms with Crippen LogP contribution in [0, 0.1) is 11.8 Å². The number of nitrogens with zero attached hydrogens (tertiary/aromatic N) is 1. The maximum absolute atomic E-state index is 3.46. The minimum atomic E-state index is 0.902. The van der Waals surface area contributed by atoms with Crippen LogP contribution in [0.2, 0.25) is 0 Å². The van der Waals surface area contributed by atoms with Crippen molar-refractivity contribution < 1.29 is 0 Å². The Morgan fingerprint density at radius 3 is 2.20 bits per heavy atom. The van der Waals surface area contributed by atoms with Gasteiger partial charge < -0.3 is 4.90 Å². The van der Waals surface area contributed by atoms with Crippen molar-refractivity contribution in [1.82, 2.24) is 4.90 Å². The predicted molar refractivity (Wildman–Crippen MR) is 48.6 cm³/mol. The van der Waals surface area contributed by atoms with Gasteiger partial charge in [-0.15, -0.1) is 0 Å². The van der Waals surface area contributed by atoms with Gasteiger partial charge in [0.2, 0.25) is 0 Å². The average Bonchev–Trinajstić information content (AvgIpc) is 2.14. The molecule has 1 aliphatic heterocycles. The van der Waals surface area contributed by atoms with Crippen LogP contribution in [0.1, 0.15) is 13.8 Å². The van der Waals surface area contributed by atoms with E-state index in [0.29, 0.717) is 0 Å². The number of hydrogen-bond donors (Lipinski definition) is 0. The minimum absolute atomic E-state index is 0.902. The van der Waals surface area contributed by atoms with Crippen molar-refractivity contribution in [2.45, 2.75) is 13.8 Å². The first-order valence-corrected chi connectivity index (χ1v) is 5.14. The molecule has 1 saturated heterocycles. The summed E-state index contributed by atoms with van der Waals surface area (Å²) in [5.41, 5.74) is 0. The summed E-state index contributed by atoms with van der Waals surface area (Å²) in [6.07, 6.45) is 0. The van der Waals surface area contributed by atoms with Crippen molar-refractivity contribution in [3.63, 3.8) is 0 Å². The van der Waals surface area contributed by atoms with Crippen LogP contribution in [-0.2, 0) is 0 Å². The molecule has 1 heterocycles. The Balaban J connectivity index is 2.27. The summed E-state index contributed by atoms with van der Waals surface area (Å²) in [4.78, 5) is 2.53. The third-order valence-corrected chi connectivity index (χ3v) is 2.82. The maximum atomic E-state index is 3.46. The molecule has 0 saturated carbocycles. The Morgan fingerprint density at radius 1 is 1.30 bits per heavy atom. The predicted octanol–water partition coefficient (Wildman–Crippen LogP) is 1.97. The normalized spacial score (nSPS) is 35.1. The van der Waals surface area contributed by atoms with Crippen LogP contribution in [0.15, 0.2) is 0 Å². The van der Waals surface area contributed by atoms with E-state index in [-0.39, 0.29) is 0 Å². The van der Waals surface area contributed by atoms with E-state index < -0.39 is 0 Å². The molecule has 10 heavy (non-hydrogen) atoms. The van der Waals surface area contributed by atoms with Crippen molar-refractivity contribution >= 4 is 15.9 Å². The number of likely N-dealkylation sites (tertiary alicyclic amines) is 1. The highest BCUT2D eigenvalue weighted by Crippen LogP contribution is 2.21. The van der Waals surface area contributed by atoms with Crippen LogP contribution >= 0.6 is 15.9 Å². The average molecular weight is 206 g/mol. The summed E-state index contributed by atoms with van der Waals surface area (Å²) in [6.45, 7) is 8.51. The minimum Gasteiger partial charge on any atom is -0.302 e. The quantitative estimate of drug-likeness (QED) is 0.624. The topological polar surface area (TPSA) is 3.24 Å². The van der Waals surface area contributed by atoms with Gasteiger partial charge in [-0.2, -0.15) is 0 Å². The molecular formula is C8H16BrN. The monoisotopic (exact) mass is 205 g/mol. The fourth-order valence-corrected chi connectivity index (χ4v) is 2.05. The van der Waals surface area contributed by atoms with Crippen LogP contribution in [0.3, 0.4) is 0 Å². The molecule has 0 spiro atoms. The molecule has 2 atom stereocenters. The van der Waals surface area contributed by atoms with Gasteiger partial charge in [-0.3, -0.25) is 0 Å². The summed E-state index contributed by atoms with van der Waals surface area (Å²) in [6, 6.07) is 0. The van der Waals surface area contributed by atoms with E-state index in [1.807, 2.05) is 0 Å². The van der Waals surface area contributed by atoms with E-state index in [1.165, 1.54) is 19.6 Å². The molecule has 60 valence electrons. The molecule has 0 amide bonds. The van der Waals surface area contributed by atoms with Crippen molar-refractivity contribution in [1.29, 1.82) is 0 Å². The molecular weight excluding hydrogens is 190 g/mol. The van der Waals surface area contributed by atoms with Gasteiger partial charge >= 0.3 is 0 Å². The maximum Gasteiger partial charge on any atom is 0.0159 e. The molecule has 0 N–H and O–H groups in total. The summed E-state index contributed by atoms with van der Waals surface area (Å²) in [5.74, 6) is 1.80. The molecule has 1 aliphatic rings. The highest BCUT2D eigenvalue weighted by Gasteiger charge is 2.24. The van der Waals surface area contributed by atoms with Crippen LogP contribution < -0.4 is 0 Å². The molecule has 0 bridgehead atoms. The van der Waals surface area contributed by atoms with E-state index in [0.717, 1.165) is 17.2 Å².